The summed E-state index contributed by atoms with van der Waals surface area (Å²) in [5.41, 5.74) is -1.31. The molecule has 4 aliphatic rings. The Hall–Kier alpha value is -4.43. The van der Waals surface area contributed by atoms with Crippen LogP contribution in [0.15, 0.2) is 42.5 Å². The Labute approximate surface area is 336 Å². The van der Waals surface area contributed by atoms with Crippen LogP contribution in [0.1, 0.15) is 95.2 Å². The average molecular weight is 810 g/mol. The molecule has 12 nitrogen and oxygen atoms in total. The van der Waals surface area contributed by atoms with Crippen LogP contribution in [0.5, 0.6) is 0 Å². The number of thiocarbonyl (C=S) groups is 1. The molecule has 16 heteroatoms. The molecule has 306 valence electrons. The lowest BCUT2D eigenvalue weighted by Gasteiger charge is -2.44. The van der Waals surface area contributed by atoms with E-state index in [1.807, 2.05) is 11.0 Å². The second-order valence-corrected chi connectivity index (χ2v) is 16.5. The molecule has 6 rings (SSSR count). The van der Waals surface area contributed by atoms with E-state index in [4.69, 9.17) is 17.0 Å². The number of nitrogens with zero attached hydrogens (tertiary/aromatic N) is 5. The van der Waals surface area contributed by atoms with Crippen LogP contribution in [-0.4, -0.2) is 106 Å². The molecule has 3 saturated heterocycles. The third-order valence-corrected chi connectivity index (χ3v) is 12.1. The number of nitriles is 1. The first kappa shape index (κ1) is 42.2. The lowest BCUT2D eigenvalue weighted by atomic mass is 9.89. The fourth-order valence-electron chi connectivity index (χ4n) is 8.83. The summed E-state index contributed by atoms with van der Waals surface area (Å²) in [6.45, 7) is 11.0. The molecule has 1 aliphatic carbocycles. The molecule has 0 bridgehead atoms. The van der Waals surface area contributed by atoms with Gasteiger partial charge in [0.2, 0.25) is 17.7 Å². The zero-order chi connectivity index (χ0) is 41.2. The highest BCUT2D eigenvalue weighted by Crippen LogP contribution is 2.41. The van der Waals surface area contributed by atoms with Gasteiger partial charge in [0.05, 0.1) is 41.5 Å². The van der Waals surface area contributed by atoms with E-state index >= 15 is 0 Å². The predicted octanol–water partition coefficient (Wildman–Crippen LogP) is 5.56. The highest BCUT2D eigenvalue weighted by Gasteiger charge is 2.52. The number of nitrogens with one attached hydrogen (secondary N) is 2. The molecule has 0 aromatic heterocycles. The number of halogens is 3. The lowest BCUT2D eigenvalue weighted by molar-refractivity contribution is -0.138. The van der Waals surface area contributed by atoms with E-state index in [2.05, 4.69) is 34.3 Å². The number of amides is 4. The fraction of sp³-hybridized carbons (Fsp3) is 0.561. The maximum atomic E-state index is 13.7. The molecule has 2 aromatic rings. The molecule has 0 radical (unpaired) electrons. The number of carbonyl (C=O) groups excluding carboxylic acids is 4. The van der Waals surface area contributed by atoms with Crippen LogP contribution in [0.4, 0.5) is 24.5 Å². The van der Waals surface area contributed by atoms with Gasteiger partial charge in [-0.25, -0.2) is 0 Å². The normalized spacial score (nSPS) is 26.0. The van der Waals surface area contributed by atoms with E-state index in [1.54, 1.807) is 38.1 Å². The molecule has 1 unspecified atom stereocenters. The first-order valence-electron chi connectivity index (χ1n) is 19.6. The number of imide groups is 1. The van der Waals surface area contributed by atoms with Gasteiger partial charge in [0.15, 0.2) is 5.11 Å². The Bertz CT molecular complexity index is 1920. The number of piperazine rings is 1. The van der Waals surface area contributed by atoms with E-state index < -0.39 is 34.7 Å². The SMILES string of the molecule is C[C@@H]1CN(CCCO[C@H]2CC[C@H](N3C(=S)N(c4ccc(C#N)c(C(F)(F)F)c4)C(=O)C3(C)C)CC2)C[C@H](C)N1CC(=O)Nc1cccc(C2CCC(=O)NC2=O)c1. The molecule has 57 heavy (non-hydrogen) atoms. The maximum Gasteiger partial charge on any atom is 0.417 e. The van der Waals surface area contributed by atoms with Gasteiger partial charge < -0.3 is 19.9 Å². The minimum atomic E-state index is -4.76. The number of benzene rings is 2. The summed E-state index contributed by atoms with van der Waals surface area (Å²) in [6, 6.07) is 12.3. The van der Waals surface area contributed by atoms with Crippen molar-refractivity contribution in [3.05, 3.63) is 59.2 Å². The van der Waals surface area contributed by atoms with E-state index in [9.17, 15) is 37.6 Å². The molecule has 1 saturated carbocycles. The van der Waals surface area contributed by atoms with Crippen molar-refractivity contribution in [2.75, 3.05) is 43.0 Å². The predicted molar refractivity (Wildman–Crippen MR) is 211 cm³/mol. The number of alkyl halides is 3. The van der Waals surface area contributed by atoms with Gasteiger partial charge >= 0.3 is 6.18 Å². The van der Waals surface area contributed by atoms with E-state index in [0.29, 0.717) is 31.6 Å². The van der Waals surface area contributed by atoms with Crippen LogP contribution >= 0.6 is 12.2 Å². The highest BCUT2D eigenvalue weighted by atomic mass is 32.1. The quantitative estimate of drug-likeness (QED) is 0.169. The van der Waals surface area contributed by atoms with Gasteiger partial charge in [0.1, 0.15) is 5.54 Å². The smallest absolute Gasteiger partial charge is 0.378 e. The summed E-state index contributed by atoms with van der Waals surface area (Å²) in [4.78, 5) is 58.3. The lowest BCUT2D eigenvalue weighted by Crippen LogP contribution is -2.58. The molecule has 3 atom stereocenters. The monoisotopic (exact) mass is 809 g/mol. The van der Waals surface area contributed by atoms with Crippen LogP contribution in [-0.2, 0) is 30.1 Å². The summed E-state index contributed by atoms with van der Waals surface area (Å²) in [5.74, 6) is -1.54. The molecule has 3 aliphatic heterocycles. The van der Waals surface area contributed by atoms with Gasteiger partial charge in [-0.1, -0.05) is 12.1 Å². The first-order chi connectivity index (χ1) is 27.0. The van der Waals surface area contributed by atoms with E-state index in [0.717, 1.165) is 61.5 Å². The summed E-state index contributed by atoms with van der Waals surface area (Å²) in [7, 11) is 0. The summed E-state index contributed by atoms with van der Waals surface area (Å²) >= 11 is 5.73. The number of hydrogen-bond donors (Lipinski definition) is 2. The second-order valence-electron chi connectivity index (χ2n) is 16.2. The van der Waals surface area contributed by atoms with Gasteiger partial charge in [0.25, 0.3) is 5.91 Å². The third-order valence-electron chi connectivity index (χ3n) is 11.7. The summed E-state index contributed by atoms with van der Waals surface area (Å²) in [6.07, 6.45) is -0.172. The zero-order valence-corrected chi connectivity index (χ0v) is 33.5. The van der Waals surface area contributed by atoms with Crippen molar-refractivity contribution in [3.8, 4) is 6.07 Å². The fourth-order valence-corrected chi connectivity index (χ4v) is 9.40. The maximum absolute atomic E-state index is 13.7. The largest absolute Gasteiger partial charge is 0.417 e. The number of anilines is 2. The van der Waals surface area contributed by atoms with E-state index in [1.165, 1.54) is 6.07 Å². The Balaban J connectivity index is 0.929. The van der Waals surface area contributed by atoms with Gasteiger partial charge in [-0.05, 0) is 114 Å². The minimum Gasteiger partial charge on any atom is -0.378 e. The highest BCUT2D eigenvalue weighted by molar-refractivity contribution is 7.80. The molecular weight excluding hydrogens is 760 g/mol. The van der Waals surface area contributed by atoms with Gasteiger partial charge in [-0.3, -0.25) is 34.3 Å². The van der Waals surface area contributed by atoms with Crippen molar-refractivity contribution < 1.29 is 37.1 Å². The van der Waals surface area contributed by atoms with Crippen molar-refractivity contribution in [3.63, 3.8) is 0 Å². The Morgan fingerprint density at radius 1 is 1.04 bits per heavy atom. The van der Waals surface area contributed by atoms with Crippen molar-refractivity contribution in [2.24, 2.45) is 0 Å². The van der Waals surface area contributed by atoms with Crippen LogP contribution in [0.2, 0.25) is 0 Å². The van der Waals surface area contributed by atoms with Gasteiger partial charge in [-0.15, -0.1) is 0 Å². The Morgan fingerprint density at radius 2 is 1.74 bits per heavy atom. The molecule has 0 spiro atoms. The van der Waals surface area contributed by atoms with Crippen LogP contribution in [0, 0.1) is 11.3 Å². The Kier molecular flexibility index (Phi) is 12.7. The zero-order valence-electron chi connectivity index (χ0n) is 32.7. The minimum absolute atomic E-state index is 0.00820. The van der Waals surface area contributed by atoms with Crippen LogP contribution in [0.3, 0.4) is 0 Å². The van der Waals surface area contributed by atoms with E-state index in [-0.39, 0.29) is 65.7 Å². The van der Waals surface area contributed by atoms with Crippen LogP contribution < -0.4 is 15.5 Å². The first-order valence-corrected chi connectivity index (χ1v) is 20.0. The van der Waals surface area contributed by atoms with Gasteiger partial charge in [-0.2, -0.15) is 18.4 Å². The Morgan fingerprint density at radius 3 is 2.39 bits per heavy atom. The summed E-state index contributed by atoms with van der Waals surface area (Å²) in [5, 5.41) is 14.7. The number of carbonyl (C=O) groups is 4. The molecule has 2 N–H and O–H groups in total. The van der Waals surface area contributed by atoms with Crippen molar-refractivity contribution in [1.29, 1.82) is 5.26 Å². The number of piperidine rings is 1. The molecule has 2 aromatic carbocycles. The average Bonchev–Trinajstić information content (AvgIpc) is 3.33. The van der Waals surface area contributed by atoms with Crippen LogP contribution in [0.25, 0.3) is 0 Å². The number of ether oxygens (including phenoxy) is 1. The van der Waals surface area contributed by atoms with Crippen molar-refractivity contribution in [1.82, 2.24) is 20.0 Å². The molecular formula is C41H50F3N7O5S. The van der Waals surface area contributed by atoms with Crippen molar-refractivity contribution >= 4 is 52.3 Å². The molecule has 4 fully saturated rings. The summed E-state index contributed by atoms with van der Waals surface area (Å²) < 4.78 is 47.5. The van der Waals surface area contributed by atoms with Crippen molar-refractivity contribution in [2.45, 2.75) is 115 Å². The standard InChI is InChI=1S/C41H50F3N7O5S/c1-25-22-48(23-26(2)49(25)24-36(53)46-29-8-5-7-27(19-29)33-15-16-35(52)47-37(33)54)17-6-18-56-32-13-11-30(12-14-32)51-39(57)50(38(55)40(51,3)4)31-10-9-28(21-45)34(20-31)41(42,43)44/h5,7-10,19-20,25-26,30,32-33H,6,11-18,22-24H2,1-4H3,(H,46,53)(H,47,52,54)/t25-,26+,30-,32-,33?. The molecule has 3 heterocycles. The topological polar surface area (TPSA) is 138 Å². The van der Waals surface area contributed by atoms with Gasteiger partial charge in [0, 0.05) is 56.5 Å². The number of hydrogen-bond acceptors (Lipinski definition) is 9. The third kappa shape index (κ3) is 9.33. The second kappa shape index (κ2) is 17.2. The molecule has 4 amide bonds. The number of rotatable bonds is 11.